The second kappa shape index (κ2) is 4.78. The van der Waals surface area contributed by atoms with E-state index in [1.165, 1.54) is 16.8 Å². The van der Waals surface area contributed by atoms with Gasteiger partial charge in [-0.2, -0.15) is 0 Å². The predicted octanol–water partition coefficient (Wildman–Crippen LogP) is 2.99. The van der Waals surface area contributed by atoms with Gasteiger partial charge in [0.1, 0.15) is 5.37 Å². The van der Waals surface area contributed by atoms with Crippen molar-refractivity contribution in [1.29, 1.82) is 0 Å². The van der Waals surface area contributed by atoms with E-state index in [1.807, 2.05) is 24.1 Å². The molecule has 0 radical (unpaired) electrons. The molecule has 3 nitrogen and oxygen atoms in total. The number of nitrogens with zero attached hydrogens (tertiary/aromatic N) is 2. The average Bonchev–Trinajstić information content (AvgIpc) is 2.99. The van der Waals surface area contributed by atoms with Gasteiger partial charge in [0.15, 0.2) is 0 Å². The molecule has 1 amide bonds. The molecule has 98 valence electrons. The minimum Gasteiger partial charge on any atom is -0.329 e. The van der Waals surface area contributed by atoms with Gasteiger partial charge in [0.2, 0.25) is 5.91 Å². The molecule has 1 unspecified atom stereocenters. The van der Waals surface area contributed by atoms with Crippen LogP contribution in [0.15, 0.2) is 42.7 Å². The maximum Gasteiger partial charge on any atom is 0.233 e. The topological polar surface area (TPSA) is 25.2 Å². The Morgan fingerprint density at radius 3 is 2.74 bits per heavy atom. The molecule has 0 bridgehead atoms. The van der Waals surface area contributed by atoms with Crippen LogP contribution < -0.4 is 0 Å². The van der Waals surface area contributed by atoms with Crippen LogP contribution in [0.5, 0.6) is 0 Å². The summed E-state index contributed by atoms with van der Waals surface area (Å²) in [5.41, 5.74) is 3.61. The lowest BCUT2D eigenvalue weighted by Crippen LogP contribution is -2.22. The SMILES string of the molecule is Cc1ccccc1-n1ccc(C2SCC(=O)N2C)c1. The number of rotatable bonds is 2. The van der Waals surface area contributed by atoms with Gasteiger partial charge >= 0.3 is 0 Å². The lowest BCUT2D eigenvalue weighted by atomic mass is 10.2. The van der Waals surface area contributed by atoms with Crippen LogP contribution in [-0.4, -0.2) is 28.2 Å². The zero-order valence-corrected chi connectivity index (χ0v) is 11.9. The van der Waals surface area contributed by atoms with Crippen molar-refractivity contribution in [2.75, 3.05) is 12.8 Å². The van der Waals surface area contributed by atoms with E-state index in [2.05, 4.69) is 42.1 Å². The number of hydrogen-bond acceptors (Lipinski definition) is 2. The van der Waals surface area contributed by atoms with Crippen LogP contribution in [0.3, 0.4) is 0 Å². The molecule has 1 aliphatic rings. The summed E-state index contributed by atoms with van der Waals surface area (Å²) >= 11 is 1.69. The van der Waals surface area contributed by atoms with E-state index >= 15 is 0 Å². The third kappa shape index (κ3) is 2.16. The summed E-state index contributed by atoms with van der Waals surface area (Å²) in [6, 6.07) is 10.4. The summed E-state index contributed by atoms with van der Waals surface area (Å²) in [7, 11) is 1.87. The van der Waals surface area contributed by atoms with Gasteiger partial charge in [0, 0.05) is 30.7 Å². The van der Waals surface area contributed by atoms with E-state index in [0.29, 0.717) is 5.75 Å². The number of aromatic nitrogens is 1. The van der Waals surface area contributed by atoms with Crippen molar-refractivity contribution in [2.45, 2.75) is 12.3 Å². The number of benzene rings is 1. The number of amides is 1. The molecule has 1 aromatic heterocycles. The van der Waals surface area contributed by atoms with Gasteiger partial charge in [-0.05, 0) is 24.6 Å². The Bertz CT molecular complexity index is 620. The summed E-state index contributed by atoms with van der Waals surface area (Å²) in [6.07, 6.45) is 4.18. The Balaban J connectivity index is 1.92. The molecule has 2 heterocycles. The maximum absolute atomic E-state index is 11.6. The van der Waals surface area contributed by atoms with Crippen LogP contribution in [0.4, 0.5) is 0 Å². The van der Waals surface area contributed by atoms with Gasteiger partial charge in [0.25, 0.3) is 0 Å². The number of aryl methyl sites for hydroxylation is 1. The lowest BCUT2D eigenvalue weighted by Gasteiger charge is -2.17. The molecule has 0 N–H and O–H groups in total. The van der Waals surface area contributed by atoms with Gasteiger partial charge in [-0.3, -0.25) is 4.79 Å². The predicted molar refractivity (Wildman–Crippen MR) is 78.5 cm³/mol. The summed E-state index contributed by atoms with van der Waals surface area (Å²) in [4.78, 5) is 13.4. The van der Waals surface area contributed by atoms with E-state index in [9.17, 15) is 4.79 Å². The molecule has 4 heteroatoms. The minimum absolute atomic E-state index is 0.151. The van der Waals surface area contributed by atoms with Crippen LogP contribution in [0.25, 0.3) is 5.69 Å². The van der Waals surface area contributed by atoms with E-state index in [-0.39, 0.29) is 11.3 Å². The fraction of sp³-hybridized carbons (Fsp3) is 0.267. The zero-order chi connectivity index (χ0) is 13.4. The fourth-order valence-electron chi connectivity index (χ4n) is 2.38. The highest BCUT2D eigenvalue weighted by Crippen LogP contribution is 2.37. The number of carbonyl (C=O) groups excluding carboxylic acids is 1. The van der Waals surface area contributed by atoms with Crippen molar-refractivity contribution < 1.29 is 4.79 Å². The highest BCUT2D eigenvalue weighted by Gasteiger charge is 2.30. The van der Waals surface area contributed by atoms with Crippen molar-refractivity contribution in [2.24, 2.45) is 0 Å². The third-order valence-corrected chi connectivity index (χ3v) is 4.82. The normalized spacial score (nSPS) is 19.2. The van der Waals surface area contributed by atoms with Gasteiger partial charge in [-0.15, -0.1) is 11.8 Å². The number of para-hydroxylation sites is 1. The lowest BCUT2D eigenvalue weighted by molar-refractivity contribution is -0.126. The zero-order valence-electron chi connectivity index (χ0n) is 11.0. The Hall–Kier alpha value is -1.68. The first-order chi connectivity index (χ1) is 9.16. The van der Waals surface area contributed by atoms with Crippen molar-refractivity contribution in [3.05, 3.63) is 53.9 Å². The van der Waals surface area contributed by atoms with Crippen molar-refractivity contribution in [3.63, 3.8) is 0 Å². The van der Waals surface area contributed by atoms with Gasteiger partial charge in [0.05, 0.1) is 5.75 Å². The number of thioether (sulfide) groups is 1. The van der Waals surface area contributed by atoms with Gasteiger partial charge < -0.3 is 9.47 Å². The maximum atomic E-state index is 11.6. The van der Waals surface area contributed by atoms with Gasteiger partial charge in [-0.25, -0.2) is 0 Å². The summed E-state index contributed by atoms with van der Waals surface area (Å²) in [5.74, 6) is 0.787. The molecule has 1 aromatic carbocycles. The van der Waals surface area contributed by atoms with Gasteiger partial charge in [-0.1, -0.05) is 18.2 Å². The monoisotopic (exact) mass is 272 g/mol. The largest absolute Gasteiger partial charge is 0.329 e. The fourth-order valence-corrected chi connectivity index (χ4v) is 3.55. The summed E-state index contributed by atoms with van der Waals surface area (Å²) in [6.45, 7) is 2.11. The molecule has 3 rings (SSSR count). The second-order valence-corrected chi connectivity index (χ2v) is 5.88. The summed E-state index contributed by atoms with van der Waals surface area (Å²) in [5, 5.41) is 0.151. The quantitative estimate of drug-likeness (QED) is 0.839. The third-order valence-electron chi connectivity index (χ3n) is 3.50. The minimum atomic E-state index is 0.151. The van der Waals surface area contributed by atoms with E-state index in [0.717, 1.165) is 0 Å². The van der Waals surface area contributed by atoms with Crippen LogP contribution in [0.1, 0.15) is 16.5 Å². The molecular formula is C15H16N2OS. The first-order valence-corrected chi connectivity index (χ1v) is 7.33. The molecule has 19 heavy (non-hydrogen) atoms. The molecule has 0 spiro atoms. The second-order valence-electron chi connectivity index (χ2n) is 4.81. The van der Waals surface area contributed by atoms with Crippen LogP contribution >= 0.6 is 11.8 Å². The Morgan fingerprint density at radius 1 is 1.26 bits per heavy atom. The van der Waals surface area contributed by atoms with Crippen molar-refractivity contribution >= 4 is 17.7 Å². The number of carbonyl (C=O) groups is 1. The molecule has 0 aliphatic carbocycles. The summed E-state index contributed by atoms with van der Waals surface area (Å²) < 4.78 is 2.13. The Labute approximate surface area is 117 Å². The van der Waals surface area contributed by atoms with E-state index in [1.54, 1.807) is 11.8 Å². The Kier molecular flexibility index (Phi) is 3.11. The smallest absolute Gasteiger partial charge is 0.233 e. The average molecular weight is 272 g/mol. The van der Waals surface area contributed by atoms with Crippen molar-refractivity contribution in [3.8, 4) is 5.69 Å². The van der Waals surface area contributed by atoms with Crippen LogP contribution in [0, 0.1) is 6.92 Å². The first-order valence-electron chi connectivity index (χ1n) is 6.28. The molecule has 1 aliphatic heterocycles. The molecule has 1 fully saturated rings. The van der Waals surface area contributed by atoms with Crippen LogP contribution in [-0.2, 0) is 4.79 Å². The molecule has 2 aromatic rings. The highest BCUT2D eigenvalue weighted by atomic mass is 32.2. The van der Waals surface area contributed by atoms with E-state index in [4.69, 9.17) is 0 Å². The molecule has 1 atom stereocenters. The molecular weight excluding hydrogens is 256 g/mol. The number of hydrogen-bond donors (Lipinski definition) is 0. The van der Waals surface area contributed by atoms with Crippen LogP contribution in [0.2, 0.25) is 0 Å². The molecule has 1 saturated heterocycles. The van der Waals surface area contributed by atoms with Crippen molar-refractivity contribution in [1.82, 2.24) is 9.47 Å². The standard InChI is InChI=1S/C15H16N2OS/c1-11-5-3-4-6-13(11)17-8-7-12(9-17)15-16(2)14(18)10-19-15/h3-9,15H,10H2,1-2H3. The first kappa shape index (κ1) is 12.4. The Morgan fingerprint density at radius 2 is 2.05 bits per heavy atom. The van der Waals surface area contributed by atoms with E-state index < -0.39 is 0 Å². The highest BCUT2D eigenvalue weighted by molar-refractivity contribution is 8.00. The molecule has 0 saturated carbocycles.